The van der Waals surface area contributed by atoms with Crippen LogP contribution in [0.3, 0.4) is 0 Å². The van der Waals surface area contributed by atoms with Crippen LogP contribution in [-0.2, 0) is 0 Å². The molecule has 0 aliphatic rings. The number of benzene rings is 1. The summed E-state index contributed by atoms with van der Waals surface area (Å²) >= 11 is 0. The van der Waals surface area contributed by atoms with E-state index in [0.29, 0.717) is 6.07 Å². The maximum Gasteiger partial charge on any atom is 0.160 e. The number of halogens is 2. The fraction of sp³-hybridized carbons (Fsp3) is 0. The van der Waals surface area contributed by atoms with Gasteiger partial charge in [0.1, 0.15) is 0 Å². The highest BCUT2D eigenvalue weighted by molar-refractivity contribution is 5.37. The number of hydrogen-bond acceptors (Lipinski definition) is 1. The first-order valence-corrected chi connectivity index (χ1v) is 2.24. The lowest BCUT2D eigenvalue weighted by molar-refractivity contribution is 0.509. The van der Waals surface area contributed by atoms with Gasteiger partial charge in [-0.3, -0.25) is 0 Å². The van der Waals surface area contributed by atoms with E-state index in [0.717, 1.165) is 0 Å². The monoisotopic (exact) mass is 131 g/mol. The number of nitrogens with two attached hydrogens (primary N) is 1. The molecule has 0 aromatic heterocycles. The summed E-state index contributed by atoms with van der Waals surface area (Å²) in [5, 5.41) is 0. The van der Waals surface area contributed by atoms with Gasteiger partial charge in [0, 0.05) is 5.69 Å². The molecule has 0 heterocycles. The van der Waals surface area contributed by atoms with Gasteiger partial charge in [-0.15, -0.1) is 0 Å². The number of nitrogen functional groups attached to an aromatic ring is 1. The number of rotatable bonds is 0. The van der Waals surface area contributed by atoms with E-state index in [1.807, 2.05) is 0 Å². The van der Waals surface area contributed by atoms with Gasteiger partial charge in [-0.05, 0) is 18.2 Å². The molecule has 0 bridgehead atoms. The van der Waals surface area contributed by atoms with Crippen molar-refractivity contribution in [2.45, 2.75) is 0 Å². The molecule has 1 aromatic rings. The molecule has 0 unspecified atom stereocenters. The molecule has 3 heteroatoms. The van der Waals surface area contributed by atoms with Gasteiger partial charge >= 0.3 is 0 Å². The van der Waals surface area contributed by atoms with Crippen molar-refractivity contribution in [3.8, 4) is 0 Å². The van der Waals surface area contributed by atoms with E-state index in [4.69, 9.17) is 8.48 Å². The lowest BCUT2D eigenvalue weighted by Crippen LogP contribution is -1.88. The van der Waals surface area contributed by atoms with E-state index < -0.39 is 17.7 Å². The summed E-state index contributed by atoms with van der Waals surface area (Å²) in [5.74, 6) is -2.52. The zero-order chi connectivity index (χ0) is 8.59. The van der Waals surface area contributed by atoms with Gasteiger partial charge in [-0.1, -0.05) is 0 Å². The molecule has 1 aromatic carbocycles. The van der Waals surface area contributed by atoms with Gasteiger partial charge in [0.2, 0.25) is 0 Å². The predicted octanol–water partition coefficient (Wildman–Crippen LogP) is 1.55. The Morgan fingerprint density at radius 1 is 1.44 bits per heavy atom. The highest BCUT2D eigenvalue weighted by Crippen LogP contribution is 2.08. The summed E-state index contributed by atoms with van der Waals surface area (Å²) in [4.78, 5) is 0. The molecule has 0 fully saturated rings. The normalized spacial score (nSPS) is 12.7. The van der Waals surface area contributed by atoms with Gasteiger partial charge in [-0.2, -0.15) is 0 Å². The zero-order valence-electron chi connectivity index (χ0n) is 6.41. The standard InChI is InChI=1S/C6H5F2N/c7-5-2-1-4(9)3-6(5)8/h1-3H,9H2/i1D,3D. The second kappa shape index (κ2) is 2.01. The fourth-order valence-corrected chi connectivity index (χ4v) is 0.419. The number of hydrogen-bond donors (Lipinski definition) is 1. The van der Waals surface area contributed by atoms with Crippen LogP contribution in [0.5, 0.6) is 0 Å². The Bertz CT molecular complexity index is 275. The van der Waals surface area contributed by atoms with Crippen molar-refractivity contribution in [1.29, 1.82) is 0 Å². The van der Waals surface area contributed by atoms with E-state index in [2.05, 4.69) is 0 Å². The van der Waals surface area contributed by atoms with Crippen LogP contribution in [0.4, 0.5) is 14.5 Å². The Hall–Kier alpha value is -1.12. The van der Waals surface area contributed by atoms with Crippen LogP contribution in [0.15, 0.2) is 18.2 Å². The maximum atomic E-state index is 12.4. The molecule has 0 spiro atoms. The molecular formula is C6H5F2N. The Labute approximate surface area is 53.9 Å². The van der Waals surface area contributed by atoms with Crippen LogP contribution in [-0.4, -0.2) is 0 Å². The van der Waals surface area contributed by atoms with E-state index in [-0.39, 0.29) is 11.7 Å². The zero-order valence-corrected chi connectivity index (χ0v) is 4.41. The van der Waals surface area contributed by atoms with Gasteiger partial charge in [0.25, 0.3) is 0 Å². The van der Waals surface area contributed by atoms with Crippen LogP contribution in [0, 0.1) is 11.6 Å². The Kier molecular flexibility index (Phi) is 0.853. The maximum absolute atomic E-state index is 12.4. The van der Waals surface area contributed by atoms with Crippen molar-refractivity contribution < 1.29 is 11.5 Å². The topological polar surface area (TPSA) is 26.0 Å². The summed E-state index contributed by atoms with van der Waals surface area (Å²) in [6, 6.07) is -0.480. The minimum atomic E-state index is -1.31. The molecule has 1 rings (SSSR count). The Morgan fingerprint density at radius 2 is 2.11 bits per heavy atom. The van der Waals surface area contributed by atoms with Crippen LogP contribution < -0.4 is 5.73 Å². The largest absolute Gasteiger partial charge is 0.399 e. The SMILES string of the molecule is [2H]c1cc(F)c(F)c([2H])c1N. The van der Waals surface area contributed by atoms with Crippen LogP contribution >= 0.6 is 0 Å². The van der Waals surface area contributed by atoms with Crippen LogP contribution in [0.25, 0.3) is 0 Å². The molecule has 0 atom stereocenters. The quantitative estimate of drug-likeness (QED) is 0.531. The average Bonchev–Trinajstić information content (AvgIpc) is 1.97. The van der Waals surface area contributed by atoms with Crippen molar-refractivity contribution in [3.05, 3.63) is 29.8 Å². The minimum Gasteiger partial charge on any atom is -0.399 e. The highest BCUT2D eigenvalue weighted by atomic mass is 19.2. The fourth-order valence-electron chi connectivity index (χ4n) is 0.419. The molecule has 1 nitrogen and oxygen atoms in total. The van der Waals surface area contributed by atoms with E-state index in [1.54, 1.807) is 0 Å². The number of anilines is 1. The second-order valence-electron chi connectivity index (χ2n) is 1.49. The molecule has 2 N–H and O–H groups in total. The van der Waals surface area contributed by atoms with Crippen molar-refractivity contribution in [2.75, 3.05) is 5.73 Å². The van der Waals surface area contributed by atoms with Gasteiger partial charge < -0.3 is 5.73 Å². The lowest BCUT2D eigenvalue weighted by atomic mass is 10.3. The molecule has 48 valence electrons. The van der Waals surface area contributed by atoms with Crippen molar-refractivity contribution in [2.24, 2.45) is 0 Å². The summed E-state index contributed by atoms with van der Waals surface area (Å²) in [7, 11) is 0. The van der Waals surface area contributed by atoms with E-state index >= 15 is 0 Å². The van der Waals surface area contributed by atoms with Crippen molar-refractivity contribution >= 4 is 5.69 Å². The molecule has 9 heavy (non-hydrogen) atoms. The Balaban J connectivity index is 3.46. The minimum absolute atomic E-state index is 0.344. The molecule has 0 aliphatic heterocycles. The summed E-state index contributed by atoms with van der Waals surface area (Å²) < 4.78 is 38.6. The molecule has 0 radical (unpaired) electrons. The Morgan fingerprint density at radius 3 is 2.78 bits per heavy atom. The third-order valence-corrected chi connectivity index (χ3v) is 0.808. The first-order chi connectivity index (χ1) is 5.04. The molecular weight excluding hydrogens is 124 g/mol. The predicted molar refractivity (Wildman–Crippen MR) is 30.8 cm³/mol. The first-order valence-electron chi connectivity index (χ1n) is 3.24. The summed E-state index contributed by atoms with van der Waals surface area (Å²) in [6.45, 7) is 0. The second-order valence-corrected chi connectivity index (χ2v) is 1.49. The molecule has 0 saturated carbocycles. The van der Waals surface area contributed by atoms with Gasteiger partial charge in [0.15, 0.2) is 11.6 Å². The molecule has 0 aliphatic carbocycles. The van der Waals surface area contributed by atoms with E-state index in [9.17, 15) is 8.78 Å². The smallest absolute Gasteiger partial charge is 0.160 e. The van der Waals surface area contributed by atoms with Crippen LogP contribution in [0.2, 0.25) is 0 Å². The molecule has 0 saturated heterocycles. The third-order valence-electron chi connectivity index (χ3n) is 0.808. The summed E-state index contributed by atoms with van der Waals surface area (Å²) in [5.41, 5.74) is 4.73. The van der Waals surface area contributed by atoms with Crippen LogP contribution in [0.1, 0.15) is 2.74 Å². The lowest BCUT2D eigenvalue weighted by Gasteiger charge is -1.91. The first kappa shape index (κ1) is 3.82. The highest BCUT2D eigenvalue weighted by Gasteiger charge is 1.97. The van der Waals surface area contributed by atoms with Crippen molar-refractivity contribution in [1.82, 2.24) is 0 Å². The third kappa shape index (κ3) is 1.16. The van der Waals surface area contributed by atoms with Gasteiger partial charge in [-0.25, -0.2) is 8.78 Å². The van der Waals surface area contributed by atoms with Gasteiger partial charge in [0.05, 0.1) is 2.74 Å². The molecule has 0 amide bonds. The van der Waals surface area contributed by atoms with E-state index in [1.165, 1.54) is 0 Å². The summed E-state index contributed by atoms with van der Waals surface area (Å²) in [6.07, 6.45) is 0. The van der Waals surface area contributed by atoms with Crippen molar-refractivity contribution in [3.63, 3.8) is 0 Å². The average molecular weight is 131 g/mol.